The molecule has 6 heteroatoms. The van der Waals surface area contributed by atoms with E-state index in [9.17, 15) is 13.2 Å². The quantitative estimate of drug-likeness (QED) is 0.283. The van der Waals surface area contributed by atoms with Crippen LogP contribution in [0.25, 0.3) is 0 Å². The van der Waals surface area contributed by atoms with Crippen molar-refractivity contribution in [3.63, 3.8) is 0 Å². The number of ketones is 1. The van der Waals surface area contributed by atoms with Gasteiger partial charge in [0.05, 0.1) is 4.90 Å². The second-order valence-corrected chi connectivity index (χ2v) is 13.9. The molecule has 4 rings (SSSR count). The highest BCUT2D eigenvalue weighted by molar-refractivity contribution is 7.89. The molecule has 0 spiro atoms. The van der Waals surface area contributed by atoms with E-state index in [2.05, 4.69) is 56.9 Å². The molecule has 0 atom stereocenters. The van der Waals surface area contributed by atoms with E-state index in [1.807, 2.05) is 44.2 Å². The topological polar surface area (TPSA) is 57.7 Å². The lowest BCUT2D eigenvalue weighted by molar-refractivity contribution is 0.0945. The Morgan fingerprint density at radius 2 is 1.59 bits per heavy atom. The summed E-state index contributed by atoms with van der Waals surface area (Å²) < 4.78 is 28.3. The van der Waals surface area contributed by atoms with Crippen LogP contribution < -0.4 is 0 Å². The number of hydrogen-bond donors (Lipinski definition) is 0. The third-order valence-electron chi connectivity index (χ3n) is 7.73. The fourth-order valence-electron chi connectivity index (χ4n) is 5.27. The van der Waals surface area contributed by atoms with Crippen LogP contribution in [0.2, 0.25) is 0 Å². The molecule has 1 aliphatic rings. The van der Waals surface area contributed by atoms with Gasteiger partial charge in [0.1, 0.15) is 0 Å². The van der Waals surface area contributed by atoms with Gasteiger partial charge in [-0.05, 0) is 95.3 Å². The predicted molar refractivity (Wildman–Crippen MR) is 159 cm³/mol. The Hall–Kier alpha value is -2.80. The number of rotatable bonds is 9. The van der Waals surface area contributed by atoms with E-state index in [4.69, 9.17) is 0 Å². The third-order valence-corrected chi connectivity index (χ3v) is 9.73. The van der Waals surface area contributed by atoms with E-state index in [1.165, 1.54) is 11.1 Å². The lowest BCUT2D eigenvalue weighted by atomic mass is 9.95. The molecule has 1 aliphatic heterocycles. The van der Waals surface area contributed by atoms with E-state index < -0.39 is 10.0 Å². The van der Waals surface area contributed by atoms with Crippen molar-refractivity contribution in [2.75, 3.05) is 13.1 Å². The summed E-state index contributed by atoms with van der Waals surface area (Å²) in [7, 11) is -3.57. The number of nitrogens with zero attached hydrogens (tertiary/aromatic N) is 2. The van der Waals surface area contributed by atoms with Crippen molar-refractivity contribution in [3.8, 4) is 0 Å². The van der Waals surface area contributed by atoms with Crippen LogP contribution in [0.15, 0.2) is 65.6 Å². The maximum Gasteiger partial charge on any atom is 0.243 e. The minimum absolute atomic E-state index is 0.00306. The fourth-order valence-corrected chi connectivity index (χ4v) is 6.90. The van der Waals surface area contributed by atoms with Crippen LogP contribution in [0.5, 0.6) is 0 Å². The maximum absolute atomic E-state index is 13.3. The molecule has 1 heterocycles. The summed E-state index contributed by atoms with van der Waals surface area (Å²) in [4.78, 5) is 15.9. The summed E-state index contributed by atoms with van der Waals surface area (Å²) >= 11 is 0. The van der Waals surface area contributed by atoms with Crippen LogP contribution in [0.1, 0.15) is 77.4 Å². The van der Waals surface area contributed by atoms with Crippen molar-refractivity contribution >= 4 is 15.8 Å². The summed E-state index contributed by atoms with van der Waals surface area (Å²) in [6.45, 7) is 15.0. The van der Waals surface area contributed by atoms with Crippen molar-refractivity contribution in [1.82, 2.24) is 9.21 Å². The second kappa shape index (κ2) is 11.7. The molecular formula is C33H42N2O3S. The van der Waals surface area contributed by atoms with Crippen LogP contribution in [0.4, 0.5) is 0 Å². The van der Waals surface area contributed by atoms with Crippen LogP contribution in [0.3, 0.4) is 0 Å². The Kier molecular flexibility index (Phi) is 8.79. The first-order chi connectivity index (χ1) is 18.3. The normalized spacial score (nSPS) is 14.4. The van der Waals surface area contributed by atoms with Gasteiger partial charge in [-0.25, -0.2) is 8.42 Å². The highest BCUT2D eigenvalue weighted by Crippen LogP contribution is 2.28. The molecule has 0 radical (unpaired) electrons. The maximum atomic E-state index is 13.3. The van der Waals surface area contributed by atoms with Gasteiger partial charge in [-0.2, -0.15) is 4.31 Å². The number of carbonyl (C=O) groups is 1. The Morgan fingerprint density at radius 1 is 0.897 bits per heavy atom. The highest BCUT2D eigenvalue weighted by atomic mass is 32.2. The molecule has 0 saturated carbocycles. The molecule has 0 fully saturated rings. The van der Waals surface area contributed by atoms with Gasteiger partial charge in [0.25, 0.3) is 0 Å². The van der Waals surface area contributed by atoms with E-state index in [-0.39, 0.29) is 11.3 Å². The number of hydrogen-bond acceptors (Lipinski definition) is 4. The Morgan fingerprint density at radius 3 is 2.26 bits per heavy atom. The summed E-state index contributed by atoms with van der Waals surface area (Å²) in [5.74, 6) is 0.146. The highest BCUT2D eigenvalue weighted by Gasteiger charge is 2.30. The lowest BCUT2D eigenvalue weighted by Gasteiger charge is -2.36. The zero-order chi connectivity index (χ0) is 28.4. The molecule has 0 N–H and O–H groups in total. The lowest BCUT2D eigenvalue weighted by Crippen LogP contribution is -2.41. The van der Waals surface area contributed by atoms with Crippen LogP contribution in [0, 0.1) is 20.8 Å². The molecule has 0 aromatic heterocycles. The van der Waals surface area contributed by atoms with Gasteiger partial charge in [-0.15, -0.1) is 0 Å². The Labute approximate surface area is 234 Å². The Balaban J connectivity index is 1.38. The molecule has 39 heavy (non-hydrogen) atoms. The Bertz CT molecular complexity index is 1440. The minimum Gasteiger partial charge on any atom is -0.294 e. The molecule has 208 valence electrons. The standard InChI is InChI=1S/C33H42N2O3S/c1-24-9-12-27(13-10-24)22-34(33(4,5)6)18-7-8-31(36)29-14-15-30-23-35(19-17-28(30)21-29)39(37,38)32-16-11-25(2)20-26(32)3/h9-16,20-21H,7-8,17-19,22-23H2,1-6H3. The smallest absolute Gasteiger partial charge is 0.243 e. The minimum atomic E-state index is -3.57. The van der Waals surface area contributed by atoms with Crippen molar-refractivity contribution in [1.29, 1.82) is 0 Å². The predicted octanol–water partition coefficient (Wildman–Crippen LogP) is 6.62. The summed E-state index contributed by atoms with van der Waals surface area (Å²) in [5, 5.41) is 0. The number of fused-ring (bicyclic) bond motifs is 1. The SMILES string of the molecule is Cc1ccc(CN(CCCC(=O)c2ccc3c(c2)CCN(S(=O)(=O)c2ccc(C)cc2C)C3)C(C)(C)C)cc1. The average molecular weight is 547 g/mol. The first kappa shape index (κ1) is 29.2. The molecule has 0 amide bonds. The van der Waals surface area contributed by atoms with Gasteiger partial charge in [-0.1, -0.05) is 59.7 Å². The van der Waals surface area contributed by atoms with E-state index >= 15 is 0 Å². The van der Waals surface area contributed by atoms with Crippen molar-refractivity contribution in [3.05, 3.63) is 99.6 Å². The van der Waals surface area contributed by atoms with Gasteiger partial charge in [0.2, 0.25) is 10.0 Å². The van der Waals surface area contributed by atoms with Gasteiger partial charge < -0.3 is 0 Å². The molecule has 0 saturated heterocycles. The molecule has 3 aromatic rings. The van der Waals surface area contributed by atoms with Crippen LogP contribution in [-0.2, 0) is 29.5 Å². The van der Waals surface area contributed by atoms with Crippen LogP contribution in [-0.4, -0.2) is 42.0 Å². The molecule has 0 aliphatic carbocycles. The number of Topliss-reactive ketones (excluding diaryl/α,β-unsaturated/α-hetero) is 1. The molecule has 0 bridgehead atoms. The zero-order valence-electron chi connectivity index (χ0n) is 24.3. The van der Waals surface area contributed by atoms with Gasteiger partial charge in [0, 0.05) is 37.2 Å². The number of sulfonamides is 1. The summed E-state index contributed by atoms with van der Waals surface area (Å²) in [5.41, 5.74) is 7.13. The fraction of sp³-hybridized carbons (Fsp3) is 0.424. The number of benzene rings is 3. The van der Waals surface area contributed by atoms with E-state index in [0.717, 1.165) is 47.3 Å². The summed E-state index contributed by atoms with van der Waals surface area (Å²) in [6.07, 6.45) is 1.89. The monoisotopic (exact) mass is 546 g/mol. The number of aryl methyl sites for hydroxylation is 3. The molecule has 0 unspecified atom stereocenters. The van der Waals surface area contributed by atoms with Crippen LogP contribution >= 0.6 is 0 Å². The third kappa shape index (κ3) is 7.05. The number of carbonyl (C=O) groups excluding carboxylic acids is 1. The molecule has 3 aromatic carbocycles. The average Bonchev–Trinajstić information content (AvgIpc) is 2.87. The van der Waals surface area contributed by atoms with E-state index in [1.54, 1.807) is 10.4 Å². The van der Waals surface area contributed by atoms with Gasteiger partial charge in [-0.3, -0.25) is 9.69 Å². The van der Waals surface area contributed by atoms with Gasteiger partial charge in [0.15, 0.2) is 5.78 Å². The first-order valence-corrected chi connectivity index (χ1v) is 15.3. The van der Waals surface area contributed by atoms with Crippen molar-refractivity contribution < 1.29 is 13.2 Å². The van der Waals surface area contributed by atoms with Crippen molar-refractivity contribution in [2.45, 2.75) is 84.3 Å². The van der Waals surface area contributed by atoms with Gasteiger partial charge >= 0.3 is 0 Å². The molecule has 5 nitrogen and oxygen atoms in total. The summed E-state index contributed by atoms with van der Waals surface area (Å²) in [6, 6.07) is 19.9. The largest absolute Gasteiger partial charge is 0.294 e. The van der Waals surface area contributed by atoms with Crippen molar-refractivity contribution in [2.24, 2.45) is 0 Å². The first-order valence-electron chi connectivity index (χ1n) is 13.9. The zero-order valence-corrected chi connectivity index (χ0v) is 25.1. The second-order valence-electron chi connectivity index (χ2n) is 11.9. The van der Waals surface area contributed by atoms with E-state index in [0.29, 0.717) is 30.8 Å². The molecular weight excluding hydrogens is 504 g/mol.